The van der Waals surface area contributed by atoms with Crippen molar-refractivity contribution in [2.24, 2.45) is 5.92 Å². The van der Waals surface area contributed by atoms with Gasteiger partial charge in [-0.15, -0.1) is 0 Å². The van der Waals surface area contributed by atoms with Crippen molar-refractivity contribution in [3.05, 3.63) is 17.2 Å². The minimum atomic E-state index is -0.330. The van der Waals surface area contributed by atoms with Gasteiger partial charge in [-0.2, -0.15) is 0 Å². The lowest BCUT2D eigenvalue weighted by atomic mass is 10.0. The van der Waals surface area contributed by atoms with E-state index in [-0.39, 0.29) is 24.6 Å². The molecule has 8 nitrogen and oxygen atoms in total. The number of fused-ring (bicyclic) bond motifs is 1. The van der Waals surface area contributed by atoms with E-state index in [2.05, 4.69) is 34.7 Å². The third kappa shape index (κ3) is 5.50. The summed E-state index contributed by atoms with van der Waals surface area (Å²) in [5.41, 5.74) is 0.928. The van der Waals surface area contributed by atoms with Gasteiger partial charge in [0.25, 0.3) is 5.91 Å². The maximum atomic E-state index is 12.4. The van der Waals surface area contributed by atoms with Crippen molar-refractivity contribution in [2.45, 2.75) is 26.3 Å². The molecule has 0 radical (unpaired) electrons. The fraction of sp³-hybridized carbons (Fsp3) is 0.579. The van der Waals surface area contributed by atoms with Gasteiger partial charge in [-0.1, -0.05) is 25.4 Å². The number of nitrogens with zero attached hydrogens (tertiary/aromatic N) is 1. The smallest absolute Gasteiger partial charge is 0.319 e. The molecule has 0 bridgehead atoms. The molecule has 154 valence electrons. The zero-order valence-electron chi connectivity index (χ0n) is 16.2. The van der Waals surface area contributed by atoms with Gasteiger partial charge in [0, 0.05) is 31.7 Å². The van der Waals surface area contributed by atoms with Gasteiger partial charge in [0.1, 0.15) is 5.75 Å². The molecule has 1 aromatic rings. The summed E-state index contributed by atoms with van der Waals surface area (Å²) in [6, 6.07) is 3.11. The van der Waals surface area contributed by atoms with Gasteiger partial charge in [0.2, 0.25) is 0 Å². The SMILES string of the molecule is CC(C)C[C@H](CNC(=O)Nc1cc2c(cc1Cl)NC(=O)CO2)N1CCOCC1. The van der Waals surface area contributed by atoms with Crippen LogP contribution < -0.4 is 20.7 Å². The molecule has 0 unspecified atom stereocenters. The zero-order valence-corrected chi connectivity index (χ0v) is 17.0. The van der Waals surface area contributed by atoms with Crippen LogP contribution in [0.15, 0.2) is 12.1 Å². The van der Waals surface area contributed by atoms with Crippen molar-refractivity contribution in [1.82, 2.24) is 10.2 Å². The Morgan fingerprint density at radius 1 is 1.32 bits per heavy atom. The molecule has 3 amide bonds. The molecule has 1 aromatic carbocycles. The monoisotopic (exact) mass is 410 g/mol. The number of carbonyl (C=O) groups is 2. The summed E-state index contributed by atoms with van der Waals surface area (Å²) in [6.45, 7) is 8.04. The Hall–Kier alpha value is -2.03. The molecule has 1 saturated heterocycles. The molecule has 2 heterocycles. The van der Waals surface area contributed by atoms with Crippen LogP contribution in [0.1, 0.15) is 20.3 Å². The first-order chi connectivity index (χ1) is 13.4. The van der Waals surface area contributed by atoms with Gasteiger partial charge in [0.05, 0.1) is 29.6 Å². The zero-order chi connectivity index (χ0) is 20.1. The lowest BCUT2D eigenvalue weighted by Gasteiger charge is -2.35. The van der Waals surface area contributed by atoms with Gasteiger partial charge in [-0.3, -0.25) is 9.69 Å². The highest BCUT2D eigenvalue weighted by Crippen LogP contribution is 2.36. The summed E-state index contributed by atoms with van der Waals surface area (Å²) in [5.74, 6) is 0.770. The lowest BCUT2D eigenvalue weighted by Crippen LogP contribution is -2.49. The Morgan fingerprint density at radius 3 is 2.79 bits per heavy atom. The Labute approximate surface area is 169 Å². The molecule has 0 saturated carbocycles. The van der Waals surface area contributed by atoms with Crippen molar-refractivity contribution in [2.75, 3.05) is 50.1 Å². The number of urea groups is 1. The molecule has 1 atom stereocenters. The summed E-state index contributed by atoms with van der Waals surface area (Å²) >= 11 is 6.23. The Balaban J connectivity index is 1.59. The molecule has 3 rings (SSSR count). The molecule has 1 fully saturated rings. The minimum Gasteiger partial charge on any atom is -0.482 e. The normalized spacial score (nSPS) is 18.1. The standard InChI is InChI=1S/C19H27ClN4O4/c1-12(2)7-13(24-3-5-27-6-4-24)10-21-19(26)23-15-9-17-16(8-14(15)20)22-18(25)11-28-17/h8-9,12-13H,3-7,10-11H2,1-2H3,(H,22,25)(H2,21,23,26)/t13-/m1/s1. The van der Waals surface area contributed by atoms with Gasteiger partial charge >= 0.3 is 6.03 Å². The van der Waals surface area contributed by atoms with Gasteiger partial charge in [-0.05, 0) is 18.4 Å². The predicted octanol–water partition coefficient (Wildman–Crippen LogP) is 2.54. The van der Waals surface area contributed by atoms with E-state index in [9.17, 15) is 9.59 Å². The van der Waals surface area contributed by atoms with Gasteiger partial charge in [0.15, 0.2) is 6.61 Å². The topological polar surface area (TPSA) is 91.9 Å². The van der Waals surface area contributed by atoms with E-state index in [0.29, 0.717) is 34.6 Å². The van der Waals surface area contributed by atoms with Crippen molar-refractivity contribution < 1.29 is 19.1 Å². The second-order valence-electron chi connectivity index (χ2n) is 7.43. The molecule has 0 aromatic heterocycles. The fourth-order valence-electron chi connectivity index (χ4n) is 3.42. The van der Waals surface area contributed by atoms with Crippen molar-refractivity contribution >= 4 is 34.9 Å². The van der Waals surface area contributed by atoms with Crippen LogP contribution in [0.5, 0.6) is 5.75 Å². The van der Waals surface area contributed by atoms with Crippen LogP contribution in [0.3, 0.4) is 0 Å². The highest BCUT2D eigenvalue weighted by atomic mass is 35.5. The number of halogens is 1. The van der Waals surface area contributed by atoms with E-state index in [1.165, 1.54) is 0 Å². The van der Waals surface area contributed by atoms with Crippen LogP contribution in [-0.4, -0.2) is 62.3 Å². The largest absolute Gasteiger partial charge is 0.482 e. The Kier molecular flexibility index (Phi) is 6.98. The van der Waals surface area contributed by atoms with Crippen LogP contribution in [-0.2, 0) is 9.53 Å². The van der Waals surface area contributed by atoms with Crippen LogP contribution >= 0.6 is 11.6 Å². The second-order valence-corrected chi connectivity index (χ2v) is 7.84. The van der Waals surface area contributed by atoms with E-state index >= 15 is 0 Å². The van der Waals surface area contributed by atoms with Crippen molar-refractivity contribution in [3.63, 3.8) is 0 Å². The maximum absolute atomic E-state index is 12.4. The Bertz CT molecular complexity index is 722. The summed E-state index contributed by atoms with van der Waals surface area (Å²) in [6.07, 6.45) is 0.993. The average molecular weight is 411 g/mol. The lowest BCUT2D eigenvalue weighted by molar-refractivity contribution is -0.118. The summed E-state index contributed by atoms with van der Waals surface area (Å²) in [4.78, 5) is 26.2. The number of nitrogens with one attached hydrogen (secondary N) is 3. The molecule has 28 heavy (non-hydrogen) atoms. The fourth-order valence-corrected chi connectivity index (χ4v) is 3.63. The third-order valence-electron chi connectivity index (χ3n) is 4.75. The van der Waals surface area contributed by atoms with Crippen molar-refractivity contribution in [3.8, 4) is 5.75 Å². The van der Waals surface area contributed by atoms with E-state index < -0.39 is 0 Å². The van der Waals surface area contributed by atoms with Crippen molar-refractivity contribution in [1.29, 1.82) is 0 Å². The number of benzene rings is 1. The van der Waals surface area contributed by atoms with Gasteiger partial charge < -0.3 is 25.4 Å². The van der Waals surface area contributed by atoms with Crippen LogP contribution in [0.2, 0.25) is 5.02 Å². The Morgan fingerprint density at radius 2 is 2.07 bits per heavy atom. The van der Waals surface area contributed by atoms with E-state index in [1.807, 2.05) is 0 Å². The molecule has 0 spiro atoms. The number of anilines is 2. The molecular formula is C19H27ClN4O4. The first kappa shape index (κ1) is 20.7. The van der Waals surface area contributed by atoms with E-state index in [4.69, 9.17) is 21.1 Å². The predicted molar refractivity (Wildman–Crippen MR) is 108 cm³/mol. The van der Waals surface area contributed by atoms with Crippen LogP contribution in [0, 0.1) is 5.92 Å². The quantitative estimate of drug-likeness (QED) is 0.670. The average Bonchev–Trinajstić information content (AvgIpc) is 2.66. The second kappa shape index (κ2) is 9.45. The number of ether oxygens (including phenoxy) is 2. The van der Waals surface area contributed by atoms with E-state index in [0.717, 1.165) is 32.7 Å². The minimum absolute atomic E-state index is 0.0588. The molecular weight excluding hydrogens is 384 g/mol. The number of hydrogen-bond acceptors (Lipinski definition) is 5. The number of carbonyl (C=O) groups excluding carboxylic acids is 2. The number of morpholine rings is 1. The van der Waals surface area contributed by atoms with Crippen LogP contribution in [0.4, 0.5) is 16.2 Å². The highest BCUT2D eigenvalue weighted by Gasteiger charge is 2.23. The third-order valence-corrected chi connectivity index (χ3v) is 5.07. The molecule has 2 aliphatic rings. The number of hydrogen-bond donors (Lipinski definition) is 3. The summed E-state index contributed by atoms with van der Waals surface area (Å²) in [5, 5.41) is 8.72. The first-order valence-corrected chi connectivity index (χ1v) is 9.93. The summed E-state index contributed by atoms with van der Waals surface area (Å²) in [7, 11) is 0. The molecule has 3 N–H and O–H groups in total. The first-order valence-electron chi connectivity index (χ1n) is 9.55. The van der Waals surface area contributed by atoms with Crippen LogP contribution in [0.25, 0.3) is 0 Å². The molecule has 9 heteroatoms. The number of rotatable bonds is 6. The molecule has 0 aliphatic carbocycles. The molecule has 2 aliphatic heterocycles. The number of amides is 3. The maximum Gasteiger partial charge on any atom is 0.319 e. The van der Waals surface area contributed by atoms with E-state index in [1.54, 1.807) is 12.1 Å². The van der Waals surface area contributed by atoms with Gasteiger partial charge in [-0.25, -0.2) is 4.79 Å². The summed E-state index contributed by atoms with van der Waals surface area (Å²) < 4.78 is 10.8. The highest BCUT2D eigenvalue weighted by molar-refractivity contribution is 6.34.